The average Bonchev–Trinajstić information content (AvgIpc) is 3.15. The van der Waals surface area contributed by atoms with E-state index in [1.165, 1.54) is 24.3 Å². The van der Waals surface area contributed by atoms with Gasteiger partial charge in [-0.05, 0) is 75.3 Å². The summed E-state index contributed by atoms with van der Waals surface area (Å²) in [6, 6.07) is 9.27. The molecule has 0 radical (unpaired) electrons. The van der Waals surface area contributed by atoms with Gasteiger partial charge in [0.15, 0.2) is 0 Å². The summed E-state index contributed by atoms with van der Waals surface area (Å²) in [4.78, 5) is 0.656. The molecule has 0 spiro atoms. The van der Waals surface area contributed by atoms with Crippen LogP contribution in [-0.2, 0) is 23.2 Å². The molecule has 2 aromatic carbocycles. The molecule has 1 atom stereocenters. The highest BCUT2D eigenvalue weighted by molar-refractivity contribution is 7.91. The Morgan fingerprint density at radius 2 is 1.16 bits per heavy atom. The van der Waals surface area contributed by atoms with Crippen LogP contribution in [0.15, 0.2) is 70.9 Å². The number of hydrogen-bond donors (Lipinski definition) is 0. The van der Waals surface area contributed by atoms with Crippen molar-refractivity contribution in [2.75, 3.05) is 0 Å². The van der Waals surface area contributed by atoms with Gasteiger partial charge in [-0.1, -0.05) is 36.4 Å². The second-order valence-corrected chi connectivity index (χ2v) is 12.7. The molecule has 0 N–H and O–H groups in total. The number of rotatable bonds is 4. The van der Waals surface area contributed by atoms with Crippen LogP contribution in [0.5, 0.6) is 0 Å². The zero-order valence-electron chi connectivity index (χ0n) is 17.5. The highest BCUT2D eigenvalue weighted by Crippen LogP contribution is 2.50. The predicted octanol–water partition coefficient (Wildman–Crippen LogP) is 6.88. The van der Waals surface area contributed by atoms with E-state index in [0.717, 1.165) is 24.3 Å². The maximum absolute atomic E-state index is 13.1. The maximum atomic E-state index is 13.1. The first-order valence-corrected chi connectivity index (χ1v) is 12.1. The van der Waals surface area contributed by atoms with Crippen LogP contribution < -0.4 is 10.6 Å². The molecule has 3 rings (SSSR count). The van der Waals surface area contributed by atoms with Crippen molar-refractivity contribution in [3.05, 3.63) is 82.0 Å². The van der Waals surface area contributed by atoms with Crippen molar-refractivity contribution in [3.63, 3.8) is 0 Å². The zero-order valence-corrected chi connectivity index (χ0v) is 19.2. The number of benzene rings is 2. The molecule has 1 aliphatic rings. The second kappa shape index (κ2) is 8.79. The van der Waals surface area contributed by atoms with Crippen molar-refractivity contribution in [3.8, 4) is 0 Å². The molecule has 0 fully saturated rings. The van der Waals surface area contributed by atoms with Crippen molar-refractivity contribution in [1.29, 1.82) is 0 Å². The minimum Gasteiger partial charge on any atom is -0.254 e. The Labute approximate surface area is 186 Å². The van der Waals surface area contributed by atoms with Gasteiger partial charge >= 0.3 is 12.4 Å². The van der Waals surface area contributed by atoms with Crippen LogP contribution in [0.25, 0.3) is 0 Å². The molecule has 1 unspecified atom stereocenters. The van der Waals surface area contributed by atoms with Crippen molar-refractivity contribution in [2.24, 2.45) is 0 Å². The molecule has 0 aromatic heterocycles. The lowest BCUT2D eigenvalue weighted by atomic mass is 10.2. The highest BCUT2D eigenvalue weighted by atomic mass is 32.2. The number of allylic oxidation sites excluding steroid dienone is 4. The molecule has 1 nitrogen and oxygen atoms in total. The third kappa shape index (κ3) is 5.34. The van der Waals surface area contributed by atoms with E-state index in [1.807, 2.05) is 26.8 Å². The topological polar surface area (TPSA) is 17.1 Å². The number of halogens is 6. The van der Waals surface area contributed by atoms with Gasteiger partial charge in [0.1, 0.15) is 0 Å². The van der Waals surface area contributed by atoms with Crippen LogP contribution in [0.2, 0.25) is 0 Å². The fourth-order valence-electron chi connectivity index (χ4n) is 3.24. The van der Waals surface area contributed by atoms with Crippen LogP contribution in [-0.4, -0.2) is 8.96 Å². The van der Waals surface area contributed by atoms with E-state index in [2.05, 4.69) is 0 Å². The van der Waals surface area contributed by atoms with Crippen molar-refractivity contribution in [2.45, 2.75) is 44.3 Å². The molecule has 0 heterocycles. The molecular formula is C23H21F6OPS. The lowest BCUT2D eigenvalue weighted by Crippen LogP contribution is -2.24. The Morgan fingerprint density at radius 3 is 1.50 bits per heavy atom. The van der Waals surface area contributed by atoms with Gasteiger partial charge in [-0.3, -0.25) is 4.21 Å². The lowest BCUT2D eigenvalue weighted by Gasteiger charge is -2.25. The highest BCUT2D eigenvalue weighted by Gasteiger charge is 2.34. The van der Waals surface area contributed by atoms with E-state index in [0.29, 0.717) is 27.2 Å². The minimum atomic E-state index is -4.50. The SMILES string of the molecule is CC(C)(C)S(=O)C1=C(P(c2ccc(C(F)(F)F)cc2)c2ccc(C(F)(F)F)cc2)C=CC1. The molecule has 0 saturated heterocycles. The first-order valence-electron chi connectivity index (χ1n) is 9.66. The van der Waals surface area contributed by atoms with Gasteiger partial charge in [-0.15, -0.1) is 0 Å². The number of alkyl halides is 6. The van der Waals surface area contributed by atoms with Gasteiger partial charge in [0, 0.05) is 9.65 Å². The second-order valence-electron chi connectivity index (χ2n) is 8.22. The Kier molecular flexibility index (Phi) is 6.79. The molecular weight excluding hydrogens is 469 g/mol. The summed E-state index contributed by atoms with van der Waals surface area (Å²) >= 11 is 0. The van der Waals surface area contributed by atoms with Gasteiger partial charge < -0.3 is 0 Å². The maximum Gasteiger partial charge on any atom is 0.416 e. The van der Waals surface area contributed by atoms with Crippen molar-refractivity contribution >= 4 is 29.3 Å². The molecule has 0 aliphatic heterocycles. The first kappa shape index (κ1) is 24.7. The van der Waals surface area contributed by atoms with Crippen LogP contribution >= 0.6 is 7.92 Å². The molecule has 0 saturated carbocycles. The monoisotopic (exact) mass is 490 g/mol. The standard InChI is InChI=1S/C23H21F6OPS/c1-21(2,3)32(30)20-6-4-5-19(20)31(17-11-7-15(8-12-17)22(24,25)26)18-13-9-16(10-14-18)23(27,28)29/h4-5,7-14H,6H2,1-3H3. The molecule has 32 heavy (non-hydrogen) atoms. The van der Waals surface area contributed by atoms with E-state index >= 15 is 0 Å². The Hall–Kier alpha value is -1.92. The summed E-state index contributed by atoms with van der Waals surface area (Å²) in [7, 11) is -2.88. The molecule has 9 heteroatoms. The molecule has 172 valence electrons. The lowest BCUT2D eigenvalue weighted by molar-refractivity contribution is -0.138. The van der Waals surface area contributed by atoms with Gasteiger partial charge in [-0.25, -0.2) is 0 Å². The fraction of sp³-hybridized carbons (Fsp3) is 0.304. The first-order chi connectivity index (χ1) is 14.7. The Morgan fingerprint density at radius 1 is 0.750 bits per heavy atom. The third-order valence-corrected chi connectivity index (χ3v) is 9.42. The fourth-order valence-corrected chi connectivity index (χ4v) is 7.35. The normalized spacial score (nSPS) is 16.2. The van der Waals surface area contributed by atoms with E-state index in [1.54, 1.807) is 6.08 Å². The van der Waals surface area contributed by atoms with E-state index < -0.39 is 46.9 Å². The predicted molar refractivity (Wildman–Crippen MR) is 118 cm³/mol. The smallest absolute Gasteiger partial charge is 0.254 e. The van der Waals surface area contributed by atoms with Crippen molar-refractivity contribution in [1.82, 2.24) is 0 Å². The Bertz CT molecular complexity index is 1000. The van der Waals surface area contributed by atoms with Crippen LogP contribution in [0, 0.1) is 0 Å². The van der Waals surface area contributed by atoms with E-state index in [9.17, 15) is 30.6 Å². The molecule has 2 aromatic rings. The summed E-state index contributed by atoms with van der Waals surface area (Å²) < 4.78 is 90.8. The van der Waals surface area contributed by atoms with Gasteiger partial charge in [0.05, 0.1) is 21.9 Å². The van der Waals surface area contributed by atoms with Gasteiger partial charge in [0.2, 0.25) is 0 Å². The van der Waals surface area contributed by atoms with Crippen molar-refractivity contribution < 1.29 is 30.6 Å². The minimum absolute atomic E-state index is 0.430. The quantitative estimate of drug-likeness (QED) is 0.338. The molecule has 0 amide bonds. The van der Waals surface area contributed by atoms with Crippen LogP contribution in [0.3, 0.4) is 0 Å². The van der Waals surface area contributed by atoms with Crippen LogP contribution in [0.4, 0.5) is 26.3 Å². The van der Waals surface area contributed by atoms with E-state index in [-0.39, 0.29) is 0 Å². The van der Waals surface area contributed by atoms with Crippen LogP contribution in [0.1, 0.15) is 38.3 Å². The average molecular weight is 490 g/mol. The summed E-state index contributed by atoms with van der Waals surface area (Å²) in [5.74, 6) is 0. The number of hydrogen-bond acceptors (Lipinski definition) is 1. The summed E-state index contributed by atoms with van der Waals surface area (Å²) in [5, 5.41) is 1.78. The largest absolute Gasteiger partial charge is 0.416 e. The van der Waals surface area contributed by atoms with Gasteiger partial charge in [0.25, 0.3) is 0 Å². The summed E-state index contributed by atoms with van der Waals surface area (Å²) in [6.07, 6.45) is -4.95. The van der Waals surface area contributed by atoms with E-state index in [4.69, 9.17) is 0 Å². The summed E-state index contributed by atoms with van der Waals surface area (Å²) in [5.41, 5.74) is -1.61. The third-order valence-electron chi connectivity index (χ3n) is 4.79. The molecule has 0 bridgehead atoms. The zero-order chi connectivity index (χ0) is 23.9. The summed E-state index contributed by atoms with van der Waals surface area (Å²) in [6.45, 7) is 5.47. The Balaban J connectivity index is 2.16. The molecule has 1 aliphatic carbocycles. The van der Waals surface area contributed by atoms with Gasteiger partial charge in [-0.2, -0.15) is 26.3 Å².